The van der Waals surface area contributed by atoms with Crippen LogP contribution in [-0.4, -0.2) is 95.9 Å². The second kappa shape index (κ2) is 73.2. The zero-order valence-corrected chi connectivity index (χ0v) is 63.4. The van der Waals surface area contributed by atoms with Crippen LogP contribution >= 0.6 is 15.6 Å². The van der Waals surface area contributed by atoms with Crippen LogP contribution in [0.4, 0.5) is 0 Å². The highest BCUT2D eigenvalue weighted by Crippen LogP contribution is 2.45. The van der Waals surface area contributed by atoms with Crippen LogP contribution < -0.4 is 0 Å². The Hall–Kier alpha value is -4.57. The lowest BCUT2D eigenvalue weighted by atomic mass is 10.0. The maximum Gasteiger partial charge on any atom is 0.472 e. The standard InChI is InChI=1S/C81H136O16P2/c1-4-7-10-13-16-19-22-24-26-28-30-31-32-33-34-35-36-37-38-39-40-41-42-43-45-47-48-50-53-55-58-61-64-67-79(84)91-70-76(82)71-93-98(87,88)94-72-77(83)73-95-99(89,90)96-75-78(97-81(86)69-66-63-60-57-52-21-18-15-12-9-6-3)74-92-80(85)68-65-62-59-56-54-51-49-46-44-29-27-25-23-20-17-14-11-8-5-2/h7-8,10-11,15-20,24-27,30-31,33-34,44,46,51,54,59,62,76-78,82-83H,4-6,9,12-14,21-23,28-29,32,35-43,45,47-50,52-53,55-58,60-61,63-75H2,1-3H3,(H,87,88)(H,89,90)/b10-7-,11-8-,18-15-,19-16-,20-17-,26-24-,27-25-,31-30-,34-33-,46-44-,54-51-,62-59-. The summed E-state index contributed by atoms with van der Waals surface area (Å²) in [7, 11) is -9.80. The summed E-state index contributed by atoms with van der Waals surface area (Å²) in [4.78, 5) is 58.4. The molecule has 0 fully saturated rings. The number of aliphatic hydroxyl groups is 2. The van der Waals surface area contributed by atoms with Crippen molar-refractivity contribution in [1.29, 1.82) is 0 Å². The molecule has 0 aliphatic heterocycles. The average molecular weight is 1430 g/mol. The molecule has 0 aromatic carbocycles. The molecule has 0 aliphatic carbocycles. The van der Waals surface area contributed by atoms with Crippen molar-refractivity contribution in [2.24, 2.45) is 0 Å². The van der Waals surface area contributed by atoms with Gasteiger partial charge in [0.25, 0.3) is 0 Å². The number of aliphatic hydroxyl groups excluding tert-OH is 2. The lowest BCUT2D eigenvalue weighted by molar-refractivity contribution is -0.161. The molecule has 0 aliphatic rings. The van der Waals surface area contributed by atoms with E-state index in [4.69, 9.17) is 32.3 Å². The molecule has 0 aromatic heterocycles. The van der Waals surface area contributed by atoms with Crippen LogP contribution in [0.25, 0.3) is 0 Å². The van der Waals surface area contributed by atoms with Gasteiger partial charge in [0.1, 0.15) is 25.4 Å². The van der Waals surface area contributed by atoms with E-state index in [1.165, 1.54) is 103 Å². The second-order valence-corrected chi connectivity index (χ2v) is 27.9. The first kappa shape index (κ1) is 94.4. The molecule has 0 radical (unpaired) electrons. The van der Waals surface area contributed by atoms with Crippen molar-refractivity contribution in [2.45, 2.75) is 309 Å². The van der Waals surface area contributed by atoms with Crippen LogP contribution in [0.2, 0.25) is 0 Å². The van der Waals surface area contributed by atoms with Crippen LogP contribution in [-0.2, 0) is 55.8 Å². The first-order valence-electron chi connectivity index (χ1n) is 38.1. The van der Waals surface area contributed by atoms with Crippen molar-refractivity contribution in [1.82, 2.24) is 0 Å². The highest BCUT2D eigenvalue weighted by atomic mass is 31.2. The van der Waals surface area contributed by atoms with Gasteiger partial charge in [-0.25, -0.2) is 9.13 Å². The lowest BCUT2D eigenvalue weighted by Crippen LogP contribution is -2.30. The number of phosphoric ester groups is 2. The van der Waals surface area contributed by atoms with Gasteiger partial charge in [0.05, 0.1) is 26.4 Å². The Labute approximate surface area is 600 Å². The van der Waals surface area contributed by atoms with Crippen molar-refractivity contribution < 1.29 is 75.8 Å². The van der Waals surface area contributed by atoms with Gasteiger partial charge in [-0.2, -0.15) is 0 Å². The Morgan fingerprint density at radius 3 is 0.919 bits per heavy atom. The molecule has 99 heavy (non-hydrogen) atoms. The second-order valence-electron chi connectivity index (χ2n) is 25.0. The van der Waals surface area contributed by atoms with E-state index in [0.29, 0.717) is 25.7 Å². The van der Waals surface area contributed by atoms with E-state index in [-0.39, 0.29) is 19.3 Å². The van der Waals surface area contributed by atoms with Crippen molar-refractivity contribution in [3.63, 3.8) is 0 Å². The van der Waals surface area contributed by atoms with Gasteiger partial charge < -0.3 is 34.2 Å². The van der Waals surface area contributed by atoms with E-state index in [2.05, 4.69) is 148 Å². The first-order chi connectivity index (χ1) is 48.2. The van der Waals surface area contributed by atoms with Crippen LogP contribution in [0.15, 0.2) is 146 Å². The van der Waals surface area contributed by atoms with Gasteiger partial charge >= 0.3 is 33.6 Å². The third kappa shape index (κ3) is 74.4. The molecule has 0 heterocycles. The molecule has 0 rings (SSSR count). The maximum absolute atomic E-state index is 12.9. The maximum atomic E-state index is 12.9. The molecule has 0 saturated carbocycles. The molecule has 18 heteroatoms. The number of esters is 3. The Morgan fingerprint density at radius 2 is 0.556 bits per heavy atom. The molecule has 0 amide bonds. The predicted octanol–water partition coefficient (Wildman–Crippen LogP) is 22.1. The number of rotatable bonds is 71. The SMILES string of the molecule is CC/C=C\C/C=C\C/C=C\C/C=C\C/C=C\C/C=C\CCC(=O)OCC(COP(=O)(O)OCC(O)COP(=O)(O)OCC(O)COC(=O)CCCCCCCCCCCCCCCCCCC/C=C\C/C=C\C/C=C\C/C=C\C/C=C\CC)OC(=O)CCCCCCC/C=C\CCCC. The topological polar surface area (TPSA) is 231 Å². The Morgan fingerprint density at radius 1 is 0.293 bits per heavy atom. The minimum Gasteiger partial charge on any atom is -0.463 e. The fourth-order valence-electron chi connectivity index (χ4n) is 9.78. The number of hydrogen-bond acceptors (Lipinski definition) is 14. The zero-order valence-electron chi connectivity index (χ0n) is 61.6. The number of hydrogen-bond donors (Lipinski definition) is 4. The summed E-state index contributed by atoms with van der Waals surface area (Å²) in [5, 5.41) is 20.6. The minimum absolute atomic E-state index is 0.0407. The molecule has 4 N–H and O–H groups in total. The summed E-state index contributed by atoms with van der Waals surface area (Å²) >= 11 is 0. The molecule has 566 valence electrons. The van der Waals surface area contributed by atoms with E-state index >= 15 is 0 Å². The van der Waals surface area contributed by atoms with Gasteiger partial charge in [0.15, 0.2) is 6.10 Å². The fourth-order valence-corrected chi connectivity index (χ4v) is 11.4. The summed E-state index contributed by atoms with van der Waals surface area (Å²) in [6, 6.07) is 0. The summed E-state index contributed by atoms with van der Waals surface area (Å²) in [6.07, 6.45) is 89.5. The summed E-state index contributed by atoms with van der Waals surface area (Å²) < 4.78 is 60.8. The number of carbonyl (C=O) groups excluding carboxylic acids is 3. The first-order valence-corrected chi connectivity index (χ1v) is 41.1. The molecule has 0 bridgehead atoms. The summed E-state index contributed by atoms with van der Waals surface area (Å²) in [5.74, 6) is -1.69. The van der Waals surface area contributed by atoms with E-state index in [1.807, 2.05) is 18.2 Å². The number of ether oxygens (including phenoxy) is 3. The van der Waals surface area contributed by atoms with Gasteiger partial charge in [-0.3, -0.25) is 32.5 Å². The quantitative estimate of drug-likeness (QED) is 0.0146. The van der Waals surface area contributed by atoms with Crippen LogP contribution in [0.5, 0.6) is 0 Å². The molecule has 16 nitrogen and oxygen atoms in total. The normalized spacial score (nSPS) is 14.9. The molecular weight excluding hydrogens is 1290 g/mol. The number of phosphoric acid groups is 2. The number of unbranched alkanes of at least 4 members (excludes halogenated alkanes) is 24. The minimum atomic E-state index is -4.94. The predicted molar refractivity (Wildman–Crippen MR) is 408 cm³/mol. The molecule has 0 spiro atoms. The number of allylic oxidation sites excluding steroid dienone is 24. The van der Waals surface area contributed by atoms with Gasteiger partial charge in [-0.05, 0) is 122 Å². The zero-order chi connectivity index (χ0) is 72.3. The lowest BCUT2D eigenvalue weighted by Gasteiger charge is -2.21. The van der Waals surface area contributed by atoms with Crippen LogP contribution in [0.3, 0.4) is 0 Å². The average Bonchev–Trinajstić information content (AvgIpc) is 1.32. The monoisotopic (exact) mass is 1430 g/mol. The van der Waals surface area contributed by atoms with E-state index < -0.39 is 91.5 Å². The van der Waals surface area contributed by atoms with Crippen molar-refractivity contribution in [3.8, 4) is 0 Å². The third-order valence-electron chi connectivity index (χ3n) is 15.5. The number of carbonyl (C=O) groups is 3. The van der Waals surface area contributed by atoms with E-state index in [9.17, 15) is 43.5 Å². The van der Waals surface area contributed by atoms with Gasteiger partial charge in [-0.15, -0.1) is 0 Å². The Kier molecular flexibility index (Phi) is 69.8. The molecule has 0 saturated heterocycles. The molecule has 5 atom stereocenters. The summed E-state index contributed by atoms with van der Waals surface area (Å²) in [5.41, 5.74) is 0. The highest BCUT2D eigenvalue weighted by Gasteiger charge is 2.29. The van der Waals surface area contributed by atoms with E-state index in [0.717, 1.165) is 122 Å². The highest BCUT2D eigenvalue weighted by molar-refractivity contribution is 7.47. The van der Waals surface area contributed by atoms with Gasteiger partial charge in [-0.1, -0.05) is 295 Å². The van der Waals surface area contributed by atoms with Gasteiger partial charge in [0, 0.05) is 19.3 Å². The largest absolute Gasteiger partial charge is 0.472 e. The van der Waals surface area contributed by atoms with Crippen LogP contribution in [0.1, 0.15) is 290 Å². The van der Waals surface area contributed by atoms with E-state index in [1.54, 1.807) is 0 Å². The van der Waals surface area contributed by atoms with Gasteiger partial charge in [0.2, 0.25) is 0 Å². The van der Waals surface area contributed by atoms with Crippen molar-refractivity contribution in [3.05, 3.63) is 146 Å². The smallest absolute Gasteiger partial charge is 0.463 e. The molecule has 5 unspecified atom stereocenters. The Balaban J connectivity index is 4.41. The Bertz CT molecular complexity index is 2380. The molecular formula is C81H136O16P2. The van der Waals surface area contributed by atoms with Crippen LogP contribution in [0, 0.1) is 0 Å². The molecule has 0 aromatic rings. The summed E-state index contributed by atoms with van der Waals surface area (Å²) in [6.45, 7) is 2.30. The van der Waals surface area contributed by atoms with Crippen molar-refractivity contribution >= 4 is 33.6 Å². The third-order valence-corrected chi connectivity index (χ3v) is 17.4. The van der Waals surface area contributed by atoms with Crippen molar-refractivity contribution in [2.75, 3.05) is 39.6 Å². The fraction of sp³-hybridized carbons (Fsp3) is 0.667.